The van der Waals surface area contributed by atoms with Crippen LogP contribution in [0.2, 0.25) is 0 Å². The van der Waals surface area contributed by atoms with Crippen LogP contribution in [0, 0.1) is 23.7 Å². The summed E-state index contributed by atoms with van der Waals surface area (Å²) >= 11 is 0. The molecule has 0 radical (unpaired) electrons. The molecule has 0 unspecified atom stereocenters. The largest absolute Gasteiger partial charge is 0.396 e. The van der Waals surface area contributed by atoms with Crippen molar-refractivity contribution >= 4 is 35.3 Å². The minimum atomic E-state index is -0.460. The lowest BCUT2D eigenvalue weighted by Gasteiger charge is -2.30. The first-order chi connectivity index (χ1) is 35.1. The van der Waals surface area contributed by atoms with E-state index in [0.29, 0.717) is 37.3 Å². The lowest BCUT2D eigenvalue weighted by atomic mass is 9.88. The van der Waals surface area contributed by atoms with Crippen molar-refractivity contribution in [1.82, 2.24) is 18.9 Å². The number of anilines is 2. The Bertz CT molecular complexity index is 2830. The average molecular weight is 967 g/mol. The number of benzene rings is 4. The summed E-state index contributed by atoms with van der Waals surface area (Å²) < 4.78 is 3.68. The number of rotatable bonds is 14. The first-order valence-electron chi connectivity index (χ1n) is 25.5. The van der Waals surface area contributed by atoms with Gasteiger partial charge in [0.05, 0.1) is 24.2 Å². The van der Waals surface area contributed by atoms with Gasteiger partial charge in [0.25, 0.3) is 11.1 Å². The molecule has 4 aliphatic rings. The van der Waals surface area contributed by atoms with E-state index in [0.717, 1.165) is 57.9 Å². The number of likely N-dealkylation sites (tertiary alicyclic amines) is 2. The third-order valence-electron chi connectivity index (χ3n) is 15.2. The molecule has 372 valence electrons. The Kier molecular flexibility index (Phi) is 15.4. The molecule has 8 atom stereocenters. The van der Waals surface area contributed by atoms with Crippen LogP contribution in [0.25, 0.3) is 34.4 Å². The highest BCUT2D eigenvalue weighted by molar-refractivity contribution is 5.96. The van der Waals surface area contributed by atoms with Gasteiger partial charge in [0.2, 0.25) is 11.8 Å². The first kappa shape index (κ1) is 50.0. The topological polar surface area (TPSA) is 149 Å². The van der Waals surface area contributed by atoms with E-state index in [4.69, 9.17) is 0 Å². The van der Waals surface area contributed by atoms with Crippen LogP contribution in [0.4, 0.5) is 11.4 Å². The predicted octanol–water partition coefficient (Wildman–Crippen LogP) is 9.12. The van der Waals surface area contributed by atoms with Gasteiger partial charge < -0.3 is 30.0 Å². The van der Waals surface area contributed by atoms with E-state index < -0.39 is 12.1 Å². The molecule has 0 aliphatic carbocycles. The molecule has 0 saturated carbocycles. The number of nitrogens with zero attached hydrogens (tertiary/aromatic N) is 4. The second kappa shape index (κ2) is 22.2. The zero-order chi connectivity index (χ0) is 50.5. The van der Waals surface area contributed by atoms with Crippen LogP contribution in [0.15, 0.2) is 155 Å². The van der Waals surface area contributed by atoms with Crippen molar-refractivity contribution in [1.29, 1.82) is 0 Å². The number of amides is 2. The van der Waals surface area contributed by atoms with Crippen molar-refractivity contribution in [2.75, 3.05) is 36.9 Å². The number of carbonyl (C=O) groups is 2. The smallest absolute Gasteiger partial charge is 0.258 e. The molecule has 4 N–H and O–H groups in total. The van der Waals surface area contributed by atoms with E-state index >= 15 is 0 Å². The summed E-state index contributed by atoms with van der Waals surface area (Å²) in [5.74, 6) is -0.713. The number of nitrogens with one attached hydrogen (secondary N) is 2. The Morgan fingerprint density at radius 2 is 0.889 bits per heavy atom. The van der Waals surface area contributed by atoms with Crippen molar-refractivity contribution in [2.24, 2.45) is 23.7 Å². The third kappa shape index (κ3) is 9.59. The summed E-state index contributed by atoms with van der Waals surface area (Å²) in [5.41, 5.74) is 9.08. The van der Waals surface area contributed by atoms with Crippen LogP contribution in [-0.2, 0) is 22.7 Å². The number of aliphatic hydroxyl groups excluding tert-OH is 2. The molecular formula is C60H66N6O6. The molecule has 0 spiro atoms. The summed E-state index contributed by atoms with van der Waals surface area (Å²) in [4.78, 5) is 57.8. The fourth-order valence-electron chi connectivity index (χ4n) is 12.1. The summed E-state index contributed by atoms with van der Waals surface area (Å²) in [6.07, 6.45) is 9.14. The lowest BCUT2D eigenvalue weighted by Crippen LogP contribution is -2.46. The van der Waals surface area contributed by atoms with E-state index in [1.54, 1.807) is 0 Å². The zero-order valence-corrected chi connectivity index (χ0v) is 41.6. The fraction of sp³-hybridized carbons (Fsp3) is 0.333. The molecule has 72 heavy (non-hydrogen) atoms. The Balaban J connectivity index is 0.000000178. The minimum Gasteiger partial charge on any atom is -0.396 e. The number of aliphatic hydroxyl groups is 2. The van der Waals surface area contributed by atoms with Gasteiger partial charge in [0, 0.05) is 83.9 Å². The van der Waals surface area contributed by atoms with Crippen molar-refractivity contribution < 1.29 is 19.8 Å². The van der Waals surface area contributed by atoms with Crippen LogP contribution in [0.3, 0.4) is 0 Å². The van der Waals surface area contributed by atoms with Gasteiger partial charge in [-0.1, -0.05) is 123 Å². The van der Waals surface area contributed by atoms with Crippen LogP contribution in [-0.4, -0.2) is 79.3 Å². The highest BCUT2D eigenvalue weighted by Gasteiger charge is 2.56. The molecule has 0 bridgehead atoms. The number of allylic oxidation sites excluding steroid dienone is 2. The summed E-state index contributed by atoms with van der Waals surface area (Å²) in [6, 6.07) is 42.7. The van der Waals surface area contributed by atoms with Crippen LogP contribution < -0.4 is 21.8 Å². The van der Waals surface area contributed by atoms with Gasteiger partial charge in [0.15, 0.2) is 0 Å². The number of hydrogen-bond donors (Lipinski definition) is 4. The van der Waals surface area contributed by atoms with E-state index in [1.807, 2.05) is 156 Å². The van der Waals surface area contributed by atoms with Crippen molar-refractivity contribution in [3.8, 4) is 22.3 Å². The number of pyridine rings is 2. The third-order valence-corrected chi connectivity index (χ3v) is 15.2. The monoisotopic (exact) mass is 967 g/mol. The van der Waals surface area contributed by atoms with Gasteiger partial charge in [0.1, 0.15) is 0 Å². The zero-order valence-electron chi connectivity index (χ0n) is 41.6. The molecule has 6 aromatic rings. The fourth-order valence-corrected chi connectivity index (χ4v) is 12.1. The van der Waals surface area contributed by atoms with Crippen molar-refractivity contribution in [2.45, 2.75) is 77.8 Å². The predicted molar refractivity (Wildman–Crippen MR) is 287 cm³/mol. The maximum absolute atomic E-state index is 13.6. The van der Waals surface area contributed by atoms with Crippen LogP contribution >= 0.6 is 0 Å². The number of fused-ring (bicyclic) bond motifs is 6. The molecule has 2 aromatic heterocycles. The highest BCUT2D eigenvalue weighted by atomic mass is 16.3. The summed E-state index contributed by atoms with van der Waals surface area (Å²) in [5, 5.41) is 27.1. The van der Waals surface area contributed by atoms with Crippen molar-refractivity contribution in [3.05, 3.63) is 189 Å². The summed E-state index contributed by atoms with van der Waals surface area (Å²) in [7, 11) is 0. The Morgan fingerprint density at radius 1 is 0.528 bits per heavy atom. The molecule has 2 fully saturated rings. The van der Waals surface area contributed by atoms with Gasteiger partial charge in [-0.2, -0.15) is 0 Å². The number of carbonyl (C=O) groups excluding carboxylic acids is 2. The SMILES string of the molecule is C/C=C/c1ccc2n(c1=O)C[C@H]1[C@H](CO)[C@@H](C(=O)Nc3ccc(-c4ccccc4)cc3)N(CCC)[C@@H]21.C/C=C\c1ccc2n(c1=O)C[C@H]1[C@H](CO)[C@@H](C(=O)Nc3ccc(-c4ccccc4)cc3)N(CCC)[C@@H]21. The Morgan fingerprint density at radius 3 is 1.22 bits per heavy atom. The van der Waals surface area contributed by atoms with E-state index in [2.05, 4.69) is 58.5 Å². The van der Waals surface area contributed by atoms with Gasteiger partial charge >= 0.3 is 0 Å². The molecule has 12 nitrogen and oxygen atoms in total. The summed E-state index contributed by atoms with van der Waals surface area (Å²) in [6.45, 7) is 10.3. The van der Waals surface area contributed by atoms with E-state index in [-0.39, 0.29) is 71.9 Å². The number of aromatic nitrogens is 2. The number of hydrogen-bond acceptors (Lipinski definition) is 8. The molecule has 2 saturated heterocycles. The quantitative estimate of drug-likeness (QED) is 0.0845. The molecule has 12 heteroatoms. The second-order valence-electron chi connectivity index (χ2n) is 19.4. The molecule has 2 amide bonds. The first-order valence-corrected chi connectivity index (χ1v) is 25.5. The Labute approximate surface area is 422 Å². The Hall–Kier alpha value is -6.96. The lowest BCUT2D eigenvalue weighted by molar-refractivity contribution is -0.123. The van der Waals surface area contributed by atoms with Crippen LogP contribution in [0.1, 0.15) is 75.1 Å². The van der Waals surface area contributed by atoms with Gasteiger partial charge in [-0.05, 0) is 111 Å². The van der Waals surface area contributed by atoms with Gasteiger partial charge in [-0.3, -0.25) is 29.0 Å². The van der Waals surface area contributed by atoms with E-state index in [9.17, 15) is 29.4 Å². The molecule has 4 aromatic carbocycles. The highest BCUT2D eigenvalue weighted by Crippen LogP contribution is 2.51. The molecule has 4 aliphatic heterocycles. The van der Waals surface area contributed by atoms with Crippen LogP contribution in [0.5, 0.6) is 0 Å². The molecule has 10 rings (SSSR count). The maximum Gasteiger partial charge on any atom is 0.258 e. The van der Waals surface area contributed by atoms with Crippen molar-refractivity contribution in [3.63, 3.8) is 0 Å². The minimum absolute atomic E-state index is 0.00585. The van der Waals surface area contributed by atoms with Gasteiger partial charge in [-0.15, -0.1) is 0 Å². The second-order valence-corrected chi connectivity index (χ2v) is 19.4. The van der Waals surface area contributed by atoms with Gasteiger partial charge in [-0.25, -0.2) is 0 Å². The molecule has 6 heterocycles. The molecular weight excluding hydrogens is 901 g/mol. The van der Waals surface area contributed by atoms with E-state index in [1.165, 1.54) is 0 Å². The maximum atomic E-state index is 13.6. The normalized spacial score (nSPS) is 23.1. The average Bonchev–Trinajstić information content (AvgIpc) is 4.15. The standard InChI is InChI=1S/2C30H33N3O3/c2*1-3-8-22-13-16-26-27-24(18-33(26)30(22)36)25(19-34)28(32(27)17-4-2)29(35)31-23-14-11-21(12-15-23)20-9-6-5-7-10-20/h2*3,5-16,24-25,27-28,34H,4,17-19H2,1-2H3,(H,31,35)/b8-3+;8-3-/t2*24-,25-,27+,28-/m00/s1.